The highest BCUT2D eigenvalue weighted by Gasteiger charge is 2.34. The summed E-state index contributed by atoms with van der Waals surface area (Å²) >= 11 is 3.26. The molecule has 1 N–H and O–H groups in total. The highest BCUT2D eigenvalue weighted by molar-refractivity contribution is 9.10. The molecule has 1 unspecified atom stereocenters. The molecule has 0 bridgehead atoms. The first kappa shape index (κ1) is 16.0. The number of halogens is 5. The van der Waals surface area contributed by atoms with Gasteiger partial charge in [0.2, 0.25) is 0 Å². The van der Waals surface area contributed by atoms with Crippen LogP contribution in [0.4, 0.5) is 17.6 Å². The lowest BCUT2D eigenvalue weighted by molar-refractivity contribution is -0.140. The lowest BCUT2D eigenvalue weighted by Gasteiger charge is -2.16. The summed E-state index contributed by atoms with van der Waals surface area (Å²) in [4.78, 5) is 0. The maximum atomic E-state index is 13.6. The Morgan fingerprint density at radius 2 is 1.76 bits per heavy atom. The molecule has 0 spiro atoms. The number of aryl methyl sites for hydroxylation is 1. The molecule has 6 heteroatoms. The van der Waals surface area contributed by atoms with Crippen LogP contribution in [0.25, 0.3) is 0 Å². The molecule has 21 heavy (non-hydrogen) atoms. The Bertz CT molecular complexity index is 667. The monoisotopic (exact) mass is 362 g/mol. The van der Waals surface area contributed by atoms with Crippen LogP contribution in [0.1, 0.15) is 28.4 Å². The molecule has 0 fully saturated rings. The van der Waals surface area contributed by atoms with Crippen molar-refractivity contribution in [1.29, 1.82) is 0 Å². The predicted molar refractivity (Wildman–Crippen MR) is 74.3 cm³/mol. The molecule has 2 aromatic rings. The van der Waals surface area contributed by atoms with Crippen molar-refractivity contribution in [3.63, 3.8) is 0 Å². The number of alkyl halides is 3. The van der Waals surface area contributed by atoms with Gasteiger partial charge < -0.3 is 5.11 Å². The molecule has 2 aromatic carbocycles. The fraction of sp³-hybridized carbons (Fsp3) is 0.200. The van der Waals surface area contributed by atoms with Crippen LogP contribution in [0, 0.1) is 12.7 Å². The minimum atomic E-state index is -4.75. The maximum absolute atomic E-state index is 13.6. The first-order chi connectivity index (χ1) is 9.70. The van der Waals surface area contributed by atoms with Crippen LogP contribution in [0.15, 0.2) is 40.9 Å². The Morgan fingerprint density at radius 3 is 2.33 bits per heavy atom. The van der Waals surface area contributed by atoms with Crippen molar-refractivity contribution < 1.29 is 22.7 Å². The minimum absolute atomic E-state index is 0.0619. The van der Waals surface area contributed by atoms with E-state index in [-0.39, 0.29) is 5.56 Å². The summed E-state index contributed by atoms with van der Waals surface area (Å²) in [6, 6.07) is 7.64. The highest BCUT2D eigenvalue weighted by Crippen LogP contribution is 2.34. The van der Waals surface area contributed by atoms with Gasteiger partial charge in [-0.3, -0.25) is 0 Å². The molecule has 0 aliphatic heterocycles. The number of hydrogen-bond donors (Lipinski definition) is 1. The van der Waals surface area contributed by atoms with Crippen molar-refractivity contribution in [3.8, 4) is 0 Å². The van der Waals surface area contributed by atoms with E-state index in [9.17, 15) is 22.7 Å². The highest BCUT2D eigenvalue weighted by atomic mass is 79.9. The van der Waals surface area contributed by atoms with E-state index in [2.05, 4.69) is 15.9 Å². The standard InChI is InChI=1S/C15H11BrF4O/c1-8-2-5-12(16)10(6-8)14(21)9-3-4-11(13(17)7-9)15(18,19)20/h2-7,14,21H,1H3. The van der Waals surface area contributed by atoms with Crippen LogP contribution in [0.2, 0.25) is 0 Å². The number of hydrogen-bond acceptors (Lipinski definition) is 1. The second-order valence-electron chi connectivity index (χ2n) is 4.66. The molecule has 112 valence electrons. The van der Waals surface area contributed by atoms with Crippen LogP contribution < -0.4 is 0 Å². The smallest absolute Gasteiger partial charge is 0.384 e. The first-order valence-electron chi connectivity index (χ1n) is 6.01. The molecule has 1 atom stereocenters. The summed E-state index contributed by atoms with van der Waals surface area (Å²) in [6.45, 7) is 1.82. The van der Waals surface area contributed by atoms with E-state index < -0.39 is 23.7 Å². The van der Waals surface area contributed by atoms with E-state index in [1.807, 2.05) is 13.0 Å². The molecule has 2 rings (SSSR count). The molecule has 0 radical (unpaired) electrons. The topological polar surface area (TPSA) is 20.2 Å². The summed E-state index contributed by atoms with van der Waals surface area (Å²) < 4.78 is 51.7. The van der Waals surface area contributed by atoms with E-state index in [4.69, 9.17) is 0 Å². The van der Waals surface area contributed by atoms with Crippen molar-refractivity contribution in [1.82, 2.24) is 0 Å². The maximum Gasteiger partial charge on any atom is 0.419 e. The molecule has 0 aliphatic carbocycles. The number of benzene rings is 2. The number of aliphatic hydroxyl groups excluding tert-OH is 1. The second kappa shape index (κ2) is 5.77. The zero-order valence-electron chi connectivity index (χ0n) is 10.9. The summed E-state index contributed by atoms with van der Waals surface area (Å²) in [5, 5.41) is 10.2. The Labute approximate surface area is 127 Å². The fourth-order valence-corrected chi connectivity index (χ4v) is 2.45. The van der Waals surface area contributed by atoms with Crippen LogP contribution in [-0.2, 0) is 6.18 Å². The van der Waals surface area contributed by atoms with Gasteiger partial charge in [-0.15, -0.1) is 0 Å². The van der Waals surface area contributed by atoms with Gasteiger partial charge in [0, 0.05) is 4.47 Å². The Balaban J connectivity index is 2.43. The van der Waals surface area contributed by atoms with Crippen LogP contribution >= 0.6 is 15.9 Å². The lowest BCUT2D eigenvalue weighted by Crippen LogP contribution is -2.10. The van der Waals surface area contributed by atoms with E-state index in [0.717, 1.165) is 11.6 Å². The van der Waals surface area contributed by atoms with Gasteiger partial charge in [-0.25, -0.2) is 4.39 Å². The van der Waals surface area contributed by atoms with Crippen molar-refractivity contribution in [2.24, 2.45) is 0 Å². The molecular weight excluding hydrogens is 352 g/mol. The number of aliphatic hydroxyl groups is 1. The van der Waals surface area contributed by atoms with E-state index in [1.165, 1.54) is 0 Å². The molecule has 0 aromatic heterocycles. The Morgan fingerprint density at radius 1 is 1.10 bits per heavy atom. The minimum Gasteiger partial charge on any atom is -0.384 e. The molecule has 0 aliphatic rings. The van der Waals surface area contributed by atoms with E-state index in [1.54, 1.807) is 12.1 Å². The second-order valence-corrected chi connectivity index (χ2v) is 5.52. The SMILES string of the molecule is Cc1ccc(Br)c(C(O)c2ccc(C(F)(F)F)c(F)c2)c1. The van der Waals surface area contributed by atoms with Gasteiger partial charge in [-0.05, 0) is 36.2 Å². The zero-order chi connectivity index (χ0) is 15.8. The third-order valence-electron chi connectivity index (χ3n) is 3.06. The lowest BCUT2D eigenvalue weighted by atomic mass is 9.98. The molecule has 1 nitrogen and oxygen atoms in total. The van der Waals surface area contributed by atoms with Gasteiger partial charge in [-0.2, -0.15) is 13.2 Å². The van der Waals surface area contributed by atoms with Gasteiger partial charge in [0.05, 0.1) is 5.56 Å². The number of rotatable bonds is 2. The average molecular weight is 363 g/mol. The summed E-state index contributed by atoms with van der Waals surface area (Å²) in [5.74, 6) is -1.40. The molecular formula is C15H11BrF4O. The van der Waals surface area contributed by atoms with E-state index in [0.29, 0.717) is 22.2 Å². The quantitative estimate of drug-likeness (QED) is 0.745. The van der Waals surface area contributed by atoms with Crippen LogP contribution in [-0.4, -0.2) is 5.11 Å². The predicted octanol–water partition coefficient (Wildman–Crippen LogP) is 5.00. The van der Waals surface area contributed by atoms with Gasteiger partial charge in [-0.1, -0.05) is 39.7 Å². The summed E-state index contributed by atoms with van der Waals surface area (Å²) in [7, 11) is 0. The van der Waals surface area contributed by atoms with Crippen molar-refractivity contribution in [3.05, 3.63) is 68.9 Å². The Kier molecular flexibility index (Phi) is 4.39. The summed E-state index contributed by atoms with van der Waals surface area (Å²) in [5.41, 5.74) is 0.0577. The fourth-order valence-electron chi connectivity index (χ4n) is 1.98. The normalized spacial score (nSPS) is 13.3. The third kappa shape index (κ3) is 3.44. The third-order valence-corrected chi connectivity index (χ3v) is 3.78. The van der Waals surface area contributed by atoms with Crippen molar-refractivity contribution in [2.75, 3.05) is 0 Å². The van der Waals surface area contributed by atoms with Gasteiger partial charge in [0.1, 0.15) is 11.9 Å². The van der Waals surface area contributed by atoms with Gasteiger partial charge >= 0.3 is 6.18 Å². The van der Waals surface area contributed by atoms with Gasteiger partial charge in [0.25, 0.3) is 0 Å². The molecule has 0 heterocycles. The molecule has 0 saturated heterocycles. The van der Waals surface area contributed by atoms with Gasteiger partial charge in [0.15, 0.2) is 0 Å². The Hall–Kier alpha value is -1.40. The largest absolute Gasteiger partial charge is 0.419 e. The first-order valence-corrected chi connectivity index (χ1v) is 6.80. The zero-order valence-corrected chi connectivity index (χ0v) is 12.5. The average Bonchev–Trinajstić information content (AvgIpc) is 2.39. The van der Waals surface area contributed by atoms with Crippen molar-refractivity contribution >= 4 is 15.9 Å². The molecule has 0 amide bonds. The van der Waals surface area contributed by atoms with Crippen LogP contribution in [0.5, 0.6) is 0 Å². The molecule has 0 saturated carbocycles. The van der Waals surface area contributed by atoms with E-state index >= 15 is 0 Å². The van der Waals surface area contributed by atoms with Crippen molar-refractivity contribution in [2.45, 2.75) is 19.2 Å². The summed E-state index contributed by atoms with van der Waals surface area (Å²) in [6.07, 6.45) is -5.96. The van der Waals surface area contributed by atoms with Crippen LogP contribution in [0.3, 0.4) is 0 Å².